The van der Waals surface area contributed by atoms with Gasteiger partial charge in [-0.1, -0.05) is 36.4 Å². The van der Waals surface area contributed by atoms with E-state index in [0.29, 0.717) is 23.8 Å². The maximum atomic E-state index is 5.81. The number of halogens is 1. The van der Waals surface area contributed by atoms with Crippen LogP contribution in [0, 0.1) is 0 Å². The zero-order valence-corrected chi connectivity index (χ0v) is 16.6. The Morgan fingerprint density at radius 2 is 1.54 bits per heavy atom. The molecule has 0 aliphatic heterocycles. The van der Waals surface area contributed by atoms with Crippen LogP contribution >= 0.6 is 12.4 Å². The van der Waals surface area contributed by atoms with Crippen LogP contribution < -0.4 is 19.9 Å². The quantitative estimate of drug-likeness (QED) is 0.686. The van der Waals surface area contributed by atoms with E-state index >= 15 is 0 Å². The SMILES string of the molecule is COc1ccc(CN(CCN)CCc2ccccc2)c(OC)c1OC.Cl. The van der Waals surface area contributed by atoms with Crippen molar-refractivity contribution in [3.63, 3.8) is 0 Å². The molecule has 0 amide bonds. The van der Waals surface area contributed by atoms with E-state index in [4.69, 9.17) is 19.9 Å². The smallest absolute Gasteiger partial charge is 0.203 e. The minimum atomic E-state index is 0. The highest BCUT2D eigenvalue weighted by molar-refractivity contribution is 5.85. The second-order valence-corrected chi connectivity index (χ2v) is 5.79. The molecule has 144 valence electrons. The zero-order valence-electron chi connectivity index (χ0n) is 15.7. The summed E-state index contributed by atoms with van der Waals surface area (Å²) in [5.74, 6) is 2.00. The third-order valence-corrected chi connectivity index (χ3v) is 4.18. The summed E-state index contributed by atoms with van der Waals surface area (Å²) in [7, 11) is 4.90. The van der Waals surface area contributed by atoms with Crippen LogP contribution in [-0.2, 0) is 13.0 Å². The first-order valence-electron chi connectivity index (χ1n) is 8.47. The van der Waals surface area contributed by atoms with Gasteiger partial charge in [-0.25, -0.2) is 0 Å². The number of nitrogens with zero attached hydrogens (tertiary/aromatic N) is 1. The van der Waals surface area contributed by atoms with Gasteiger partial charge < -0.3 is 19.9 Å². The third-order valence-electron chi connectivity index (χ3n) is 4.18. The molecule has 6 heteroatoms. The monoisotopic (exact) mass is 380 g/mol. The summed E-state index contributed by atoms with van der Waals surface area (Å²) >= 11 is 0. The molecule has 0 atom stereocenters. The molecule has 2 N–H and O–H groups in total. The largest absolute Gasteiger partial charge is 0.493 e. The standard InChI is InChI=1S/C20H28N2O3.ClH/c1-23-18-10-9-17(19(24-2)20(18)25-3)15-22(14-12-21)13-11-16-7-5-4-6-8-16;/h4-10H,11-15,21H2,1-3H3;1H. The summed E-state index contributed by atoms with van der Waals surface area (Å²) in [5, 5.41) is 0. The van der Waals surface area contributed by atoms with E-state index in [1.807, 2.05) is 18.2 Å². The Kier molecular flexibility index (Phi) is 9.88. The van der Waals surface area contributed by atoms with E-state index in [-0.39, 0.29) is 12.4 Å². The summed E-state index contributed by atoms with van der Waals surface area (Å²) in [6, 6.07) is 14.4. The van der Waals surface area contributed by atoms with Gasteiger partial charge in [-0.3, -0.25) is 4.90 Å². The van der Waals surface area contributed by atoms with Crippen LogP contribution in [0.15, 0.2) is 42.5 Å². The number of nitrogens with two attached hydrogens (primary N) is 1. The Labute approximate surface area is 162 Å². The number of benzene rings is 2. The van der Waals surface area contributed by atoms with Crippen LogP contribution in [0.3, 0.4) is 0 Å². The Morgan fingerprint density at radius 1 is 0.846 bits per heavy atom. The second kappa shape index (κ2) is 11.6. The molecule has 0 heterocycles. The van der Waals surface area contributed by atoms with Crippen LogP contribution in [0.4, 0.5) is 0 Å². The Morgan fingerprint density at radius 3 is 2.12 bits per heavy atom. The number of hydrogen-bond donors (Lipinski definition) is 1. The molecule has 26 heavy (non-hydrogen) atoms. The van der Waals surface area contributed by atoms with Crippen molar-refractivity contribution in [3.8, 4) is 17.2 Å². The van der Waals surface area contributed by atoms with Crippen molar-refractivity contribution in [1.29, 1.82) is 0 Å². The van der Waals surface area contributed by atoms with Crippen LogP contribution in [-0.4, -0.2) is 45.9 Å². The van der Waals surface area contributed by atoms with Crippen molar-refractivity contribution >= 4 is 12.4 Å². The van der Waals surface area contributed by atoms with Gasteiger partial charge in [-0.2, -0.15) is 0 Å². The molecule has 0 aliphatic carbocycles. The van der Waals surface area contributed by atoms with E-state index < -0.39 is 0 Å². The average Bonchev–Trinajstić information content (AvgIpc) is 2.66. The molecule has 5 nitrogen and oxygen atoms in total. The van der Waals surface area contributed by atoms with Gasteiger partial charge >= 0.3 is 0 Å². The van der Waals surface area contributed by atoms with Crippen molar-refractivity contribution in [3.05, 3.63) is 53.6 Å². The summed E-state index contributed by atoms with van der Waals surface area (Å²) in [6.07, 6.45) is 0.983. The topological polar surface area (TPSA) is 57.0 Å². The summed E-state index contributed by atoms with van der Waals surface area (Å²) in [5.41, 5.74) is 8.19. The predicted molar refractivity (Wildman–Crippen MR) is 108 cm³/mol. The van der Waals surface area contributed by atoms with Crippen LogP contribution in [0.25, 0.3) is 0 Å². The first-order valence-corrected chi connectivity index (χ1v) is 8.47. The second-order valence-electron chi connectivity index (χ2n) is 5.79. The molecule has 0 spiro atoms. The van der Waals surface area contributed by atoms with E-state index in [1.54, 1.807) is 21.3 Å². The first-order chi connectivity index (χ1) is 12.2. The van der Waals surface area contributed by atoms with Gasteiger partial charge in [0.05, 0.1) is 21.3 Å². The fourth-order valence-electron chi connectivity index (χ4n) is 2.91. The van der Waals surface area contributed by atoms with Gasteiger partial charge in [0, 0.05) is 31.7 Å². The van der Waals surface area contributed by atoms with Gasteiger partial charge in [0.15, 0.2) is 11.5 Å². The lowest BCUT2D eigenvalue weighted by molar-refractivity contribution is 0.267. The fourth-order valence-corrected chi connectivity index (χ4v) is 2.91. The summed E-state index contributed by atoms with van der Waals surface area (Å²) < 4.78 is 16.4. The van der Waals surface area contributed by atoms with Gasteiger partial charge in [0.25, 0.3) is 0 Å². The summed E-state index contributed by atoms with van der Waals surface area (Å²) in [4.78, 5) is 2.33. The lowest BCUT2D eigenvalue weighted by Crippen LogP contribution is -2.31. The van der Waals surface area contributed by atoms with Crippen LogP contribution in [0.2, 0.25) is 0 Å². The first kappa shape index (κ1) is 22.1. The maximum absolute atomic E-state index is 5.81. The molecule has 2 rings (SSSR count). The fraction of sp³-hybridized carbons (Fsp3) is 0.400. The molecule has 0 radical (unpaired) electrons. The molecule has 0 saturated heterocycles. The van der Waals surface area contributed by atoms with Crippen molar-refractivity contribution in [2.45, 2.75) is 13.0 Å². The zero-order chi connectivity index (χ0) is 18.1. The van der Waals surface area contributed by atoms with Gasteiger partial charge in [-0.05, 0) is 18.1 Å². The van der Waals surface area contributed by atoms with E-state index in [1.165, 1.54) is 5.56 Å². The minimum absolute atomic E-state index is 0. The highest BCUT2D eigenvalue weighted by atomic mass is 35.5. The number of hydrogen-bond acceptors (Lipinski definition) is 5. The lowest BCUT2D eigenvalue weighted by Gasteiger charge is -2.24. The van der Waals surface area contributed by atoms with Crippen molar-refractivity contribution in [1.82, 2.24) is 4.90 Å². The van der Waals surface area contributed by atoms with Crippen LogP contribution in [0.5, 0.6) is 17.2 Å². The van der Waals surface area contributed by atoms with Crippen LogP contribution in [0.1, 0.15) is 11.1 Å². The normalized spacial score (nSPS) is 10.3. The van der Waals surface area contributed by atoms with Crippen molar-refractivity contribution in [2.75, 3.05) is 41.0 Å². The molecule has 2 aromatic rings. The Balaban J connectivity index is 0.00000338. The van der Waals surface area contributed by atoms with E-state index in [0.717, 1.165) is 31.6 Å². The highest BCUT2D eigenvalue weighted by Crippen LogP contribution is 2.40. The molecule has 0 unspecified atom stereocenters. The molecular weight excluding hydrogens is 352 g/mol. The number of rotatable bonds is 10. The van der Waals surface area contributed by atoms with Gasteiger partial charge in [-0.15, -0.1) is 12.4 Å². The summed E-state index contributed by atoms with van der Waals surface area (Å²) in [6.45, 7) is 3.11. The van der Waals surface area contributed by atoms with Gasteiger partial charge in [0.2, 0.25) is 5.75 Å². The lowest BCUT2D eigenvalue weighted by atomic mass is 10.1. The molecule has 0 fully saturated rings. The molecule has 0 saturated carbocycles. The van der Waals surface area contributed by atoms with Crippen molar-refractivity contribution < 1.29 is 14.2 Å². The molecule has 0 bridgehead atoms. The molecule has 0 aromatic heterocycles. The Bertz CT molecular complexity index is 653. The van der Waals surface area contributed by atoms with Crippen molar-refractivity contribution in [2.24, 2.45) is 5.73 Å². The highest BCUT2D eigenvalue weighted by Gasteiger charge is 2.17. The van der Waals surface area contributed by atoms with E-state index in [2.05, 4.69) is 29.2 Å². The number of methoxy groups -OCH3 is 3. The van der Waals surface area contributed by atoms with E-state index in [9.17, 15) is 0 Å². The molecular formula is C20H29ClN2O3. The predicted octanol–water partition coefficient (Wildman–Crippen LogP) is 3.14. The average molecular weight is 381 g/mol. The van der Waals surface area contributed by atoms with Gasteiger partial charge in [0.1, 0.15) is 0 Å². The number of ether oxygens (including phenoxy) is 3. The minimum Gasteiger partial charge on any atom is -0.493 e. The maximum Gasteiger partial charge on any atom is 0.203 e. The molecule has 0 aliphatic rings. The molecule has 2 aromatic carbocycles. The third kappa shape index (κ3) is 5.80. The Hall–Kier alpha value is -1.95.